The van der Waals surface area contributed by atoms with Crippen LogP contribution >= 0.6 is 11.3 Å². The Morgan fingerprint density at radius 3 is 2.91 bits per heavy atom. The first-order chi connectivity index (χ1) is 5.27. The summed E-state index contributed by atoms with van der Waals surface area (Å²) >= 11 is 1.29. The molecule has 3 nitrogen and oxygen atoms in total. The summed E-state index contributed by atoms with van der Waals surface area (Å²) in [5, 5.41) is 20.4. The van der Waals surface area contributed by atoms with Crippen LogP contribution in [0.2, 0.25) is 0 Å². The van der Waals surface area contributed by atoms with Crippen molar-refractivity contribution < 1.29 is 5.11 Å². The molecule has 58 valence electrons. The van der Waals surface area contributed by atoms with Crippen molar-refractivity contribution in [3.05, 3.63) is 21.9 Å². The standard InChI is InChI=1S/C7H8N2OS/c1-9-7(10)6-3-2-5(4-8)11-6/h2-3,7,9-10H,1H3. The first-order valence-corrected chi connectivity index (χ1v) is 3.94. The Balaban J connectivity index is 2.82. The van der Waals surface area contributed by atoms with E-state index >= 15 is 0 Å². The van der Waals surface area contributed by atoms with E-state index in [0.29, 0.717) is 4.88 Å². The molecule has 1 rings (SSSR count). The molecule has 0 amide bonds. The third-order valence-corrected chi connectivity index (χ3v) is 2.32. The van der Waals surface area contributed by atoms with Gasteiger partial charge in [-0.3, -0.25) is 5.32 Å². The largest absolute Gasteiger partial charge is 0.373 e. The molecule has 0 aliphatic rings. The maximum absolute atomic E-state index is 9.23. The summed E-state index contributed by atoms with van der Waals surface area (Å²) in [4.78, 5) is 1.39. The highest BCUT2D eigenvalue weighted by molar-refractivity contribution is 7.12. The summed E-state index contributed by atoms with van der Waals surface area (Å²) in [7, 11) is 1.66. The number of thiophene rings is 1. The second kappa shape index (κ2) is 3.49. The number of hydrogen-bond donors (Lipinski definition) is 2. The molecule has 0 aliphatic carbocycles. The monoisotopic (exact) mass is 168 g/mol. The van der Waals surface area contributed by atoms with Gasteiger partial charge in [0.05, 0.1) is 0 Å². The topological polar surface area (TPSA) is 56.0 Å². The fourth-order valence-electron chi connectivity index (χ4n) is 0.702. The summed E-state index contributed by atoms with van der Waals surface area (Å²) in [6.07, 6.45) is -0.651. The molecule has 0 spiro atoms. The molecule has 0 fully saturated rings. The van der Waals surface area contributed by atoms with Crippen LogP contribution in [-0.2, 0) is 0 Å². The zero-order chi connectivity index (χ0) is 8.27. The van der Waals surface area contributed by atoms with Crippen LogP contribution in [0.15, 0.2) is 12.1 Å². The van der Waals surface area contributed by atoms with E-state index < -0.39 is 6.23 Å². The molecule has 0 saturated carbocycles. The predicted octanol–water partition coefficient (Wildman–Crippen LogP) is 0.830. The molecule has 11 heavy (non-hydrogen) atoms. The van der Waals surface area contributed by atoms with E-state index in [1.807, 2.05) is 6.07 Å². The van der Waals surface area contributed by atoms with Gasteiger partial charge in [0.1, 0.15) is 17.2 Å². The smallest absolute Gasteiger partial charge is 0.140 e. The number of rotatable bonds is 2. The highest BCUT2D eigenvalue weighted by atomic mass is 32.1. The van der Waals surface area contributed by atoms with Crippen LogP contribution in [0.4, 0.5) is 0 Å². The number of nitrogens with one attached hydrogen (secondary N) is 1. The van der Waals surface area contributed by atoms with E-state index in [9.17, 15) is 5.11 Å². The second-order valence-electron chi connectivity index (χ2n) is 2.01. The van der Waals surface area contributed by atoms with Gasteiger partial charge in [-0.25, -0.2) is 0 Å². The number of nitriles is 1. The SMILES string of the molecule is CNC(O)c1ccc(C#N)s1. The number of aliphatic hydroxyl groups is 1. The zero-order valence-electron chi connectivity index (χ0n) is 6.03. The normalized spacial score (nSPS) is 12.5. The van der Waals surface area contributed by atoms with Gasteiger partial charge in [-0.2, -0.15) is 5.26 Å². The second-order valence-corrected chi connectivity index (χ2v) is 3.12. The lowest BCUT2D eigenvalue weighted by atomic mass is 10.4. The van der Waals surface area contributed by atoms with Gasteiger partial charge in [0.15, 0.2) is 0 Å². The Morgan fingerprint density at radius 2 is 2.45 bits per heavy atom. The molecule has 1 unspecified atom stereocenters. The molecule has 0 saturated heterocycles. The van der Waals surface area contributed by atoms with E-state index in [1.54, 1.807) is 19.2 Å². The van der Waals surface area contributed by atoms with E-state index in [2.05, 4.69) is 5.32 Å². The third-order valence-electron chi connectivity index (χ3n) is 1.28. The van der Waals surface area contributed by atoms with Crippen molar-refractivity contribution in [2.24, 2.45) is 0 Å². The Labute approximate surface area is 68.9 Å². The highest BCUT2D eigenvalue weighted by Gasteiger charge is 2.06. The zero-order valence-corrected chi connectivity index (χ0v) is 6.85. The Bertz CT molecular complexity index is 276. The molecule has 1 aromatic heterocycles. The van der Waals surface area contributed by atoms with Crippen LogP contribution in [0.3, 0.4) is 0 Å². The van der Waals surface area contributed by atoms with E-state index in [1.165, 1.54) is 11.3 Å². The van der Waals surface area contributed by atoms with Crippen LogP contribution in [-0.4, -0.2) is 12.2 Å². The van der Waals surface area contributed by atoms with Gasteiger partial charge in [-0.15, -0.1) is 11.3 Å². The summed E-state index contributed by atoms with van der Waals surface area (Å²) in [6.45, 7) is 0. The van der Waals surface area contributed by atoms with Gasteiger partial charge in [-0.1, -0.05) is 0 Å². The van der Waals surface area contributed by atoms with E-state index in [4.69, 9.17) is 5.26 Å². The number of aliphatic hydroxyl groups excluding tert-OH is 1. The van der Waals surface area contributed by atoms with Crippen LogP contribution < -0.4 is 5.32 Å². The van der Waals surface area contributed by atoms with Gasteiger partial charge in [0.2, 0.25) is 0 Å². The van der Waals surface area contributed by atoms with Gasteiger partial charge in [0, 0.05) is 4.88 Å². The van der Waals surface area contributed by atoms with Crippen molar-refractivity contribution in [3.8, 4) is 6.07 Å². The first kappa shape index (κ1) is 8.21. The lowest BCUT2D eigenvalue weighted by Crippen LogP contribution is -2.13. The number of hydrogen-bond acceptors (Lipinski definition) is 4. The quantitative estimate of drug-likeness (QED) is 0.643. The fraction of sp³-hybridized carbons (Fsp3) is 0.286. The molecular formula is C7H8N2OS. The van der Waals surface area contributed by atoms with Crippen LogP contribution in [0.1, 0.15) is 16.0 Å². The summed E-state index contributed by atoms with van der Waals surface area (Å²) < 4.78 is 0. The van der Waals surface area contributed by atoms with Gasteiger partial charge in [-0.05, 0) is 19.2 Å². The Morgan fingerprint density at radius 1 is 1.73 bits per heavy atom. The van der Waals surface area contributed by atoms with E-state index in [-0.39, 0.29) is 0 Å². The lowest BCUT2D eigenvalue weighted by molar-refractivity contribution is 0.153. The van der Waals surface area contributed by atoms with Gasteiger partial charge in [0.25, 0.3) is 0 Å². The van der Waals surface area contributed by atoms with Gasteiger partial charge < -0.3 is 5.11 Å². The maximum Gasteiger partial charge on any atom is 0.140 e. The average molecular weight is 168 g/mol. The molecule has 0 radical (unpaired) electrons. The van der Waals surface area contributed by atoms with Crippen molar-refractivity contribution in [2.45, 2.75) is 6.23 Å². The lowest BCUT2D eigenvalue weighted by Gasteiger charge is -2.03. The third kappa shape index (κ3) is 1.77. The molecule has 0 aromatic carbocycles. The van der Waals surface area contributed by atoms with Crippen molar-refractivity contribution in [3.63, 3.8) is 0 Å². The molecule has 0 aliphatic heterocycles. The molecule has 1 aromatic rings. The molecule has 1 heterocycles. The fourth-order valence-corrected chi connectivity index (χ4v) is 1.50. The minimum Gasteiger partial charge on any atom is -0.373 e. The van der Waals surface area contributed by atoms with Gasteiger partial charge >= 0.3 is 0 Å². The Kier molecular flexibility index (Phi) is 2.60. The summed E-state index contributed by atoms with van der Waals surface area (Å²) in [5.74, 6) is 0. The van der Waals surface area contributed by atoms with Crippen molar-refractivity contribution in [1.82, 2.24) is 5.32 Å². The summed E-state index contributed by atoms with van der Waals surface area (Å²) in [5.41, 5.74) is 0. The highest BCUT2D eigenvalue weighted by Crippen LogP contribution is 2.20. The van der Waals surface area contributed by atoms with Crippen molar-refractivity contribution in [1.29, 1.82) is 5.26 Å². The maximum atomic E-state index is 9.23. The average Bonchev–Trinajstić information content (AvgIpc) is 2.50. The van der Waals surface area contributed by atoms with Crippen LogP contribution in [0, 0.1) is 11.3 Å². The van der Waals surface area contributed by atoms with E-state index in [0.717, 1.165) is 4.88 Å². The minimum absolute atomic E-state index is 0.620. The molecule has 2 N–H and O–H groups in total. The Hall–Kier alpha value is -0.890. The molecule has 1 atom stereocenters. The molecule has 0 bridgehead atoms. The van der Waals surface area contributed by atoms with Crippen molar-refractivity contribution >= 4 is 11.3 Å². The van der Waals surface area contributed by atoms with Crippen LogP contribution in [0.5, 0.6) is 0 Å². The van der Waals surface area contributed by atoms with Crippen molar-refractivity contribution in [2.75, 3.05) is 7.05 Å². The molecule has 4 heteroatoms. The predicted molar refractivity (Wildman–Crippen MR) is 43.1 cm³/mol. The van der Waals surface area contributed by atoms with Crippen LogP contribution in [0.25, 0.3) is 0 Å². The summed E-state index contributed by atoms with van der Waals surface area (Å²) in [6, 6.07) is 5.44. The molecular weight excluding hydrogens is 160 g/mol. The minimum atomic E-state index is -0.651. The number of nitrogens with zero attached hydrogens (tertiary/aromatic N) is 1. The first-order valence-electron chi connectivity index (χ1n) is 3.13.